The lowest BCUT2D eigenvalue weighted by molar-refractivity contribution is -0.125. The lowest BCUT2D eigenvalue weighted by atomic mass is 10.1. The van der Waals surface area contributed by atoms with Crippen molar-refractivity contribution in [2.45, 2.75) is 31.8 Å². The minimum Gasteiger partial charge on any atom is -0.352 e. The molecule has 23 heavy (non-hydrogen) atoms. The molecule has 1 aromatic carbocycles. The van der Waals surface area contributed by atoms with Crippen molar-refractivity contribution < 1.29 is 18.4 Å². The highest BCUT2D eigenvalue weighted by Crippen LogP contribution is 2.18. The van der Waals surface area contributed by atoms with Crippen molar-refractivity contribution in [3.05, 3.63) is 35.4 Å². The molecule has 1 aromatic rings. The lowest BCUT2D eigenvalue weighted by Gasteiger charge is -2.19. The minimum atomic E-state index is -0.699. The highest BCUT2D eigenvalue weighted by atomic mass is 19.1. The van der Waals surface area contributed by atoms with Crippen LogP contribution in [-0.4, -0.2) is 42.9 Å². The predicted octanol–water partition coefficient (Wildman–Crippen LogP) is 1.35. The van der Waals surface area contributed by atoms with Gasteiger partial charge in [0.05, 0.1) is 19.1 Å². The maximum atomic E-state index is 13.7. The average Bonchev–Trinajstić information content (AvgIpc) is 3.21. The van der Waals surface area contributed by atoms with E-state index in [0.29, 0.717) is 0 Å². The highest BCUT2D eigenvalue weighted by Gasteiger charge is 2.24. The quantitative estimate of drug-likeness (QED) is 0.796. The number of carbonyl (C=O) groups excluding carboxylic acids is 2. The van der Waals surface area contributed by atoms with Gasteiger partial charge in [-0.2, -0.15) is 0 Å². The van der Waals surface area contributed by atoms with Gasteiger partial charge in [-0.25, -0.2) is 8.78 Å². The van der Waals surface area contributed by atoms with Crippen LogP contribution < -0.4 is 10.6 Å². The van der Waals surface area contributed by atoms with E-state index in [9.17, 15) is 18.4 Å². The average molecular weight is 325 g/mol. The van der Waals surface area contributed by atoms with Crippen molar-refractivity contribution in [2.24, 2.45) is 0 Å². The first-order valence-electron chi connectivity index (χ1n) is 7.57. The highest BCUT2D eigenvalue weighted by molar-refractivity contribution is 5.81. The molecule has 1 atom stereocenters. The number of rotatable bonds is 7. The smallest absolute Gasteiger partial charge is 0.234 e. The van der Waals surface area contributed by atoms with Crippen LogP contribution in [0.5, 0.6) is 0 Å². The summed E-state index contributed by atoms with van der Waals surface area (Å²) in [5.74, 6) is -1.80. The predicted molar refractivity (Wildman–Crippen MR) is 81.6 cm³/mol. The molecule has 0 radical (unpaired) electrons. The Morgan fingerprint density at radius 3 is 2.52 bits per heavy atom. The third-order valence-corrected chi connectivity index (χ3v) is 3.58. The number of hydrogen-bond donors (Lipinski definition) is 2. The third kappa shape index (κ3) is 5.59. The van der Waals surface area contributed by atoms with Crippen LogP contribution in [0.1, 0.15) is 31.4 Å². The summed E-state index contributed by atoms with van der Waals surface area (Å²) < 4.78 is 26.5. The van der Waals surface area contributed by atoms with Gasteiger partial charge < -0.3 is 10.6 Å². The van der Waals surface area contributed by atoms with E-state index in [0.717, 1.165) is 25.0 Å². The zero-order valence-corrected chi connectivity index (χ0v) is 13.2. The normalized spacial score (nSPS) is 15.3. The van der Waals surface area contributed by atoms with Crippen LogP contribution in [0.2, 0.25) is 0 Å². The fourth-order valence-electron chi connectivity index (χ4n) is 2.26. The van der Waals surface area contributed by atoms with Crippen molar-refractivity contribution in [3.8, 4) is 0 Å². The molecular formula is C16H21F2N3O2. The first kappa shape index (κ1) is 17.3. The molecule has 0 bridgehead atoms. The number of likely N-dealkylation sites (N-methyl/N-ethyl adjacent to an activating group) is 1. The first-order valence-corrected chi connectivity index (χ1v) is 7.57. The van der Waals surface area contributed by atoms with E-state index in [1.165, 1.54) is 6.07 Å². The summed E-state index contributed by atoms with van der Waals surface area (Å²) in [6.45, 7) is 1.77. The van der Waals surface area contributed by atoms with Crippen LogP contribution >= 0.6 is 0 Å². The van der Waals surface area contributed by atoms with Crippen molar-refractivity contribution in [1.82, 2.24) is 15.5 Å². The Hall–Kier alpha value is -2.02. The summed E-state index contributed by atoms with van der Waals surface area (Å²) in [6, 6.07) is 2.94. The van der Waals surface area contributed by atoms with Gasteiger partial charge in [-0.15, -0.1) is 0 Å². The minimum absolute atomic E-state index is 0.0191. The topological polar surface area (TPSA) is 61.4 Å². The van der Waals surface area contributed by atoms with E-state index < -0.39 is 17.7 Å². The Bertz CT molecular complexity index is 591. The molecule has 2 amide bonds. The number of benzene rings is 1. The molecule has 1 saturated carbocycles. The van der Waals surface area contributed by atoms with Gasteiger partial charge >= 0.3 is 0 Å². The standard InChI is InChI=1S/C16H21F2N3O2/c1-10(13-6-3-11(17)7-14(13)18)19-15(22)8-21(2)9-16(23)20-12-4-5-12/h3,6-7,10,12H,4-5,8-9H2,1-2H3,(H,19,22)(H,20,23)/t10-/m0/s1. The number of amides is 2. The van der Waals surface area contributed by atoms with Gasteiger partial charge in [0.2, 0.25) is 11.8 Å². The van der Waals surface area contributed by atoms with Gasteiger partial charge in [0.1, 0.15) is 11.6 Å². The molecular weight excluding hydrogens is 304 g/mol. The molecule has 2 rings (SSSR count). The Kier molecular flexibility index (Phi) is 5.65. The second kappa shape index (κ2) is 7.50. The molecule has 0 unspecified atom stereocenters. The monoisotopic (exact) mass is 325 g/mol. The van der Waals surface area contributed by atoms with Crippen molar-refractivity contribution in [1.29, 1.82) is 0 Å². The van der Waals surface area contributed by atoms with E-state index >= 15 is 0 Å². The van der Waals surface area contributed by atoms with Gasteiger partial charge in [-0.1, -0.05) is 6.07 Å². The zero-order valence-electron chi connectivity index (χ0n) is 13.2. The number of hydrogen-bond acceptors (Lipinski definition) is 3. The van der Waals surface area contributed by atoms with E-state index in [1.807, 2.05) is 0 Å². The summed E-state index contributed by atoms with van der Waals surface area (Å²) in [5, 5.41) is 5.48. The van der Waals surface area contributed by atoms with Crippen molar-refractivity contribution in [2.75, 3.05) is 20.1 Å². The third-order valence-electron chi connectivity index (χ3n) is 3.58. The van der Waals surface area contributed by atoms with Crippen LogP contribution in [0.3, 0.4) is 0 Å². The van der Waals surface area contributed by atoms with Gasteiger partial charge in [-0.3, -0.25) is 14.5 Å². The maximum Gasteiger partial charge on any atom is 0.234 e. The molecule has 0 aromatic heterocycles. The second-order valence-corrected chi connectivity index (χ2v) is 5.97. The number of nitrogens with zero attached hydrogens (tertiary/aromatic N) is 1. The van der Waals surface area contributed by atoms with Crippen LogP contribution in [0.25, 0.3) is 0 Å². The molecule has 2 N–H and O–H groups in total. The first-order chi connectivity index (χ1) is 10.8. The molecule has 0 spiro atoms. The second-order valence-electron chi connectivity index (χ2n) is 5.97. The van der Waals surface area contributed by atoms with Crippen molar-refractivity contribution in [3.63, 3.8) is 0 Å². The van der Waals surface area contributed by atoms with E-state index in [4.69, 9.17) is 0 Å². The van der Waals surface area contributed by atoms with Gasteiger partial charge in [0, 0.05) is 17.7 Å². The largest absolute Gasteiger partial charge is 0.352 e. The Morgan fingerprint density at radius 1 is 1.26 bits per heavy atom. The van der Waals surface area contributed by atoms with Crippen LogP contribution in [0.4, 0.5) is 8.78 Å². The zero-order chi connectivity index (χ0) is 17.0. The number of carbonyl (C=O) groups is 2. The molecule has 1 fully saturated rings. The maximum absolute atomic E-state index is 13.7. The summed E-state index contributed by atoms with van der Waals surface area (Å²) in [5.41, 5.74) is 0.217. The SMILES string of the molecule is C[C@H](NC(=O)CN(C)CC(=O)NC1CC1)c1ccc(F)cc1F. The molecule has 1 aliphatic carbocycles. The Labute approximate surface area is 134 Å². The van der Waals surface area contributed by atoms with Gasteiger partial charge in [-0.05, 0) is 32.9 Å². The summed E-state index contributed by atoms with van der Waals surface area (Å²) in [4.78, 5) is 25.2. The van der Waals surface area contributed by atoms with Crippen molar-refractivity contribution >= 4 is 11.8 Å². The fraction of sp³-hybridized carbons (Fsp3) is 0.500. The summed E-state index contributed by atoms with van der Waals surface area (Å²) in [6.07, 6.45) is 2.02. The van der Waals surface area contributed by atoms with Crippen LogP contribution in [0, 0.1) is 11.6 Å². The number of nitrogens with one attached hydrogen (secondary N) is 2. The van der Waals surface area contributed by atoms with Gasteiger partial charge in [0.25, 0.3) is 0 Å². The molecule has 5 nitrogen and oxygen atoms in total. The van der Waals surface area contributed by atoms with Crippen LogP contribution in [0.15, 0.2) is 18.2 Å². The summed E-state index contributed by atoms with van der Waals surface area (Å²) in [7, 11) is 1.66. The van der Waals surface area contributed by atoms with Gasteiger partial charge in [0.15, 0.2) is 0 Å². The fourth-order valence-corrected chi connectivity index (χ4v) is 2.26. The molecule has 126 valence electrons. The lowest BCUT2D eigenvalue weighted by Crippen LogP contribution is -2.42. The molecule has 7 heteroatoms. The molecule has 1 aliphatic rings. The molecule has 0 aliphatic heterocycles. The van der Waals surface area contributed by atoms with E-state index in [2.05, 4.69) is 10.6 Å². The Morgan fingerprint density at radius 2 is 1.91 bits per heavy atom. The molecule has 0 saturated heterocycles. The Balaban J connectivity index is 1.79. The number of halogens is 2. The molecule has 0 heterocycles. The van der Waals surface area contributed by atoms with Crippen LogP contribution in [-0.2, 0) is 9.59 Å². The van der Waals surface area contributed by atoms with E-state index in [1.54, 1.807) is 18.9 Å². The summed E-state index contributed by atoms with van der Waals surface area (Å²) >= 11 is 0. The van der Waals surface area contributed by atoms with E-state index in [-0.39, 0.29) is 36.5 Å².